The highest BCUT2D eigenvalue weighted by molar-refractivity contribution is 9.10. The van der Waals surface area contributed by atoms with Crippen LogP contribution < -0.4 is 10.6 Å². The number of rotatable bonds is 1. The lowest BCUT2D eigenvalue weighted by Crippen LogP contribution is -2.31. The average molecular weight is 340 g/mol. The third kappa shape index (κ3) is 2.40. The smallest absolute Gasteiger partial charge is 0.153 e. The molecule has 0 atom stereocenters. The van der Waals surface area contributed by atoms with E-state index >= 15 is 0 Å². The fourth-order valence-electron chi connectivity index (χ4n) is 2.30. The van der Waals surface area contributed by atoms with E-state index in [1.54, 1.807) is 0 Å². The highest BCUT2D eigenvalue weighted by Crippen LogP contribution is 2.31. The van der Waals surface area contributed by atoms with Crippen LogP contribution in [0.25, 0.3) is 0 Å². The zero-order valence-electron chi connectivity index (χ0n) is 10.1. The summed E-state index contributed by atoms with van der Waals surface area (Å²) in [6, 6.07) is 6.35. The van der Waals surface area contributed by atoms with Gasteiger partial charge in [-0.15, -0.1) is 0 Å². The SMILES string of the molecule is Nc1ncnc(N2CCc3cc(Br)ccc3C2)c1Cl. The first-order valence-corrected chi connectivity index (χ1v) is 7.10. The second kappa shape index (κ2) is 4.98. The number of hydrogen-bond acceptors (Lipinski definition) is 4. The van der Waals surface area contributed by atoms with E-state index in [1.807, 2.05) is 0 Å². The van der Waals surface area contributed by atoms with Crippen molar-refractivity contribution in [3.63, 3.8) is 0 Å². The van der Waals surface area contributed by atoms with Crippen LogP contribution in [0.3, 0.4) is 0 Å². The number of hydrogen-bond donors (Lipinski definition) is 1. The molecule has 0 radical (unpaired) electrons. The van der Waals surface area contributed by atoms with Crippen molar-refractivity contribution in [3.05, 3.63) is 45.1 Å². The van der Waals surface area contributed by atoms with E-state index < -0.39 is 0 Å². The Bertz CT molecular complexity index is 632. The lowest BCUT2D eigenvalue weighted by atomic mass is 10.00. The second-order valence-corrected chi connectivity index (χ2v) is 5.77. The van der Waals surface area contributed by atoms with E-state index in [0.717, 1.165) is 24.0 Å². The molecule has 98 valence electrons. The van der Waals surface area contributed by atoms with Gasteiger partial charge in [-0.3, -0.25) is 0 Å². The molecule has 0 bridgehead atoms. The third-order valence-corrected chi connectivity index (χ3v) is 4.13. The Morgan fingerprint density at radius 3 is 2.95 bits per heavy atom. The van der Waals surface area contributed by atoms with E-state index in [-0.39, 0.29) is 0 Å². The highest BCUT2D eigenvalue weighted by atomic mass is 79.9. The summed E-state index contributed by atoms with van der Waals surface area (Å²) in [5.74, 6) is 1.04. The molecule has 1 aromatic carbocycles. The topological polar surface area (TPSA) is 55.0 Å². The van der Waals surface area contributed by atoms with Gasteiger partial charge in [-0.1, -0.05) is 33.6 Å². The van der Waals surface area contributed by atoms with Gasteiger partial charge in [0.25, 0.3) is 0 Å². The Hall–Kier alpha value is -1.33. The quantitative estimate of drug-likeness (QED) is 0.867. The molecule has 1 aromatic heterocycles. The van der Waals surface area contributed by atoms with E-state index in [1.165, 1.54) is 17.5 Å². The van der Waals surface area contributed by atoms with Crippen LogP contribution in [0.1, 0.15) is 11.1 Å². The van der Waals surface area contributed by atoms with Gasteiger partial charge in [0.15, 0.2) is 5.82 Å². The molecular weight excluding hydrogens is 328 g/mol. The van der Waals surface area contributed by atoms with Crippen molar-refractivity contribution < 1.29 is 0 Å². The average Bonchev–Trinajstić information content (AvgIpc) is 2.41. The molecule has 1 aliphatic heterocycles. The molecule has 0 amide bonds. The molecule has 0 spiro atoms. The van der Waals surface area contributed by atoms with Crippen LogP contribution in [0.2, 0.25) is 5.02 Å². The van der Waals surface area contributed by atoms with Crippen LogP contribution >= 0.6 is 27.5 Å². The van der Waals surface area contributed by atoms with Crippen LogP contribution in [0, 0.1) is 0 Å². The summed E-state index contributed by atoms with van der Waals surface area (Å²) in [6.07, 6.45) is 2.42. The first-order valence-electron chi connectivity index (χ1n) is 5.93. The Morgan fingerprint density at radius 1 is 1.26 bits per heavy atom. The lowest BCUT2D eigenvalue weighted by Gasteiger charge is -2.30. The van der Waals surface area contributed by atoms with Gasteiger partial charge in [0.2, 0.25) is 0 Å². The molecule has 6 heteroatoms. The summed E-state index contributed by atoms with van der Waals surface area (Å²) in [5, 5.41) is 0.433. The largest absolute Gasteiger partial charge is 0.382 e. The second-order valence-electron chi connectivity index (χ2n) is 4.48. The van der Waals surface area contributed by atoms with E-state index in [9.17, 15) is 0 Å². The minimum Gasteiger partial charge on any atom is -0.382 e. The number of anilines is 2. The molecule has 0 unspecified atom stereocenters. The maximum absolute atomic E-state index is 6.18. The van der Waals surface area contributed by atoms with Gasteiger partial charge < -0.3 is 10.6 Å². The molecule has 4 nitrogen and oxygen atoms in total. The molecule has 2 heterocycles. The minimum atomic E-state index is 0.327. The van der Waals surface area contributed by atoms with Gasteiger partial charge in [0.1, 0.15) is 17.2 Å². The van der Waals surface area contributed by atoms with Crippen molar-refractivity contribution in [3.8, 4) is 0 Å². The number of halogens is 2. The van der Waals surface area contributed by atoms with Crippen LogP contribution in [0.5, 0.6) is 0 Å². The zero-order valence-corrected chi connectivity index (χ0v) is 12.4. The molecule has 0 saturated heterocycles. The van der Waals surface area contributed by atoms with Crippen molar-refractivity contribution in [1.82, 2.24) is 9.97 Å². The van der Waals surface area contributed by atoms with E-state index in [2.05, 4.69) is 49.0 Å². The predicted octanol–water partition coefficient (Wildman–Crippen LogP) is 3.04. The van der Waals surface area contributed by atoms with Crippen LogP contribution in [0.4, 0.5) is 11.6 Å². The predicted molar refractivity (Wildman–Crippen MR) is 80.4 cm³/mol. The van der Waals surface area contributed by atoms with Gasteiger partial charge >= 0.3 is 0 Å². The Morgan fingerprint density at radius 2 is 2.11 bits per heavy atom. The van der Waals surface area contributed by atoms with Crippen LogP contribution in [-0.4, -0.2) is 16.5 Å². The maximum atomic E-state index is 6.18. The number of fused-ring (bicyclic) bond motifs is 1. The minimum absolute atomic E-state index is 0.327. The van der Waals surface area contributed by atoms with Crippen molar-refractivity contribution in [2.45, 2.75) is 13.0 Å². The number of aromatic nitrogens is 2. The molecule has 0 fully saturated rings. The van der Waals surface area contributed by atoms with Gasteiger partial charge in [-0.2, -0.15) is 0 Å². The number of nitrogens with zero attached hydrogens (tertiary/aromatic N) is 3. The van der Waals surface area contributed by atoms with Gasteiger partial charge in [-0.25, -0.2) is 9.97 Å². The van der Waals surface area contributed by atoms with E-state index in [0.29, 0.717) is 16.7 Å². The normalized spacial score (nSPS) is 14.3. The number of nitrogen functional groups attached to an aromatic ring is 1. The summed E-state index contributed by atoms with van der Waals surface area (Å²) in [6.45, 7) is 1.67. The van der Waals surface area contributed by atoms with Gasteiger partial charge in [0, 0.05) is 17.6 Å². The summed E-state index contributed by atoms with van der Waals surface area (Å²) in [5.41, 5.74) is 8.38. The lowest BCUT2D eigenvalue weighted by molar-refractivity contribution is 0.719. The molecule has 19 heavy (non-hydrogen) atoms. The zero-order chi connectivity index (χ0) is 13.4. The standard InChI is InChI=1S/C13H12BrClN4/c14-10-2-1-9-6-19(4-3-8(9)5-10)13-11(15)12(16)17-7-18-13/h1-2,5,7H,3-4,6H2,(H2,16,17,18). The molecule has 3 rings (SSSR count). The molecule has 0 aliphatic carbocycles. The summed E-state index contributed by atoms with van der Waals surface area (Å²) in [4.78, 5) is 10.3. The Kier molecular flexibility index (Phi) is 3.33. The van der Waals surface area contributed by atoms with Gasteiger partial charge in [0.05, 0.1) is 0 Å². The first kappa shape index (κ1) is 12.7. The molecule has 2 aromatic rings. The molecule has 0 saturated carbocycles. The van der Waals surface area contributed by atoms with E-state index in [4.69, 9.17) is 17.3 Å². The third-order valence-electron chi connectivity index (χ3n) is 3.28. The molecular formula is C13H12BrClN4. The van der Waals surface area contributed by atoms with Crippen molar-refractivity contribution in [2.75, 3.05) is 17.2 Å². The Balaban J connectivity index is 1.93. The van der Waals surface area contributed by atoms with Crippen LogP contribution in [0.15, 0.2) is 29.0 Å². The number of benzene rings is 1. The summed E-state index contributed by atoms with van der Waals surface area (Å²) >= 11 is 9.68. The molecule has 1 aliphatic rings. The molecule has 2 N–H and O–H groups in total. The monoisotopic (exact) mass is 338 g/mol. The fourth-order valence-corrected chi connectivity index (χ4v) is 2.92. The van der Waals surface area contributed by atoms with Crippen LogP contribution in [-0.2, 0) is 13.0 Å². The number of nitrogens with two attached hydrogens (primary N) is 1. The van der Waals surface area contributed by atoms with Gasteiger partial charge in [-0.05, 0) is 29.7 Å². The fraction of sp³-hybridized carbons (Fsp3) is 0.231. The Labute approximate surface area is 124 Å². The maximum Gasteiger partial charge on any atom is 0.153 e. The summed E-state index contributed by atoms with van der Waals surface area (Å²) < 4.78 is 1.11. The first-order chi connectivity index (χ1) is 9.15. The van der Waals surface area contributed by atoms with Crippen molar-refractivity contribution >= 4 is 39.2 Å². The van der Waals surface area contributed by atoms with Crippen molar-refractivity contribution in [2.24, 2.45) is 0 Å². The summed E-state index contributed by atoms with van der Waals surface area (Å²) in [7, 11) is 0. The highest BCUT2D eigenvalue weighted by Gasteiger charge is 2.20. The van der Waals surface area contributed by atoms with Crippen molar-refractivity contribution in [1.29, 1.82) is 0 Å².